The van der Waals surface area contributed by atoms with Gasteiger partial charge >= 0.3 is 0 Å². The molecule has 1 fully saturated rings. The monoisotopic (exact) mass is 509 g/mol. The largest absolute Gasteiger partial charge is 0.872 e. The number of ketones is 1. The number of aryl methyl sites for hydroxylation is 1. The Morgan fingerprint density at radius 1 is 1.15 bits per heavy atom. The number of hydrogen-bond donors (Lipinski definition) is 1. The minimum Gasteiger partial charge on any atom is -0.872 e. The fraction of sp³-hybridized carbons (Fsp3) is 0.240. The lowest BCUT2D eigenvalue weighted by Crippen LogP contribution is -2.36. The standard InChI is InChI=1S/C25H24BrN3O4/c1-2-33-20-10-6-17(7-11-20)22-21(23(30)18-4-8-19(26)9-5-18)24(31)25(32)29(22)14-3-13-28-15-12-27-16-28/h4-12,15-16,22H,2-3,13-14H2,1H3,(H,30,31). The zero-order valence-electron chi connectivity index (χ0n) is 18.2. The predicted molar refractivity (Wildman–Crippen MR) is 124 cm³/mol. The van der Waals surface area contributed by atoms with Crippen molar-refractivity contribution in [2.75, 3.05) is 13.2 Å². The summed E-state index contributed by atoms with van der Waals surface area (Å²) in [6.45, 7) is 3.45. The van der Waals surface area contributed by atoms with Crippen LogP contribution < -0.4 is 14.4 Å². The molecule has 1 aliphatic heterocycles. The molecule has 0 radical (unpaired) electrons. The highest BCUT2D eigenvalue weighted by atomic mass is 79.9. The summed E-state index contributed by atoms with van der Waals surface area (Å²) in [6, 6.07) is 13.3. The second-order valence-corrected chi connectivity index (χ2v) is 8.60. The maximum Gasteiger partial charge on any atom is 0.295 e. The van der Waals surface area contributed by atoms with Crippen molar-refractivity contribution in [3.8, 4) is 5.75 Å². The average Bonchev–Trinajstić information content (AvgIpc) is 3.42. The van der Waals surface area contributed by atoms with Crippen molar-refractivity contribution < 1.29 is 24.0 Å². The minimum atomic E-state index is -0.743. The number of likely N-dealkylation sites (tertiary alicyclic amines) is 1. The summed E-state index contributed by atoms with van der Waals surface area (Å²) >= 11 is 3.36. The van der Waals surface area contributed by atoms with Gasteiger partial charge in [0.15, 0.2) is 0 Å². The molecule has 1 aromatic heterocycles. The molecule has 1 aliphatic rings. The second-order valence-electron chi connectivity index (χ2n) is 7.68. The Hall–Kier alpha value is -3.39. The summed E-state index contributed by atoms with van der Waals surface area (Å²) in [7, 11) is 0. The van der Waals surface area contributed by atoms with Crippen LogP contribution in [0.15, 0.2) is 77.3 Å². The quantitative estimate of drug-likeness (QED) is 0.219. The molecule has 1 N–H and O–H groups in total. The molecule has 0 bridgehead atoms. The minimum absolute atomic E-state index is 0.0132. The second kappa shape index (κ2) is 10.0. The lowest BCUT2D eigenvalue weighted by atomic mass is 9.95. The van der Waals surface area contributed by atoms with Crippen molar-refractivity contribution in [1.82, 2.24) is 9.88 Å². The third kappa shape index (κ3) is 4.85. The molecule has 7 nitrogen and oxygen atoms in total. The van der Waals surface area contributed by atoms with Gasteiger partial charge in [-0.25, -0.2) is 4.57 Å². The van der Waals surface area contributed by atoms with Crippen LogP contribution in [0.2, 0.25) is 0 Å². The molecule has 0 aliphatic carbocycles. The highest BCUT2D eigenvalue weighted by Gasteiger charge is 2.43. The summed E-state index contributed by atoms with van der Waals surface area (Å²) in [4.78, 5) is 30.6. The van der Waals surface area contributed by atoms with Gasteiger partial charge in [0, 0.05) is 23.0 Å². The lowest BCUT2D eigenvalue weighted by molar-refractivity contribution is -0.695. The predicted octanol–water partition coefficient (Wildman–Crippen LogP) is 2.78. The number of aromatic amines is 1. The van der Waals surface area contributed by atoms with E-state index in [1.54, 1.807) is 36.4 Å². The number of nitrogens with one attached hydrogen (secondary N) is 1. The van der Waals surface area contributed by atoms with E-state index in [4.69, 9.17) is 4.74 Å². The van der Waals surface area contributed by atoms with E-state index >= 15 is 0 Å². The van der Waals surface area contributed by atoms with Crippen LogP contribution in [-0.4, -0.2) is 34.7 Å². The SMILES string of the molecule is CCOc1ccc(C2/C(=C(\[O-])c3ccc(Br)cc3)C(=O)C(=O)N2CCC[n+]2cc[nH]c2)cc1. The van der Waals surface area contributed by atoms with Crippen molar-refractivity contribution in [3.63, 3.8) is 0 Å². The number of H-pyrrole nitrogens is 1. The molecule has 1 unspecified atom stereocenters. The third-order valence-electron chi connectivity index (χ3n) is 5.56. The van der Waals surface area contributed by atoms with Gasteiger partial charge in [0.25, 0.3) is 5.91 Å². The van der Waals surface area contributed by atoms with Gasteiger partial charge in [0.2, 0.25) is 12.1 Å². The van der Waals surface area contributed by atoms with Crippen LogP contribution >= 0.6 is 15.9 Å². The number of Topliss-reactive ketones (excluding diaryl/α,β-unsaturated/α-hetero) is 1. The highest BCUT2D eigenvalue weighted by Crippen LogP contribution is 2.39. The fourth-order valence-corrected chi connectivity index (χ4v) is 4.26. The smallest absolute Gasteiger partial charge is 0.295 e. The van der Waals surface area contributed by atoms with Crippen molar-refractivity contribution in [1.29, 1.82) is 0 Å². The highest BCUT2D eigenvalue weighted by molar-refractivity contribution is 9.10. The Morgan fingerprint density at radius 3 is 2.52 bits per heavy atom. The van der Waals surface area contributed by atoms with Gasteiger partial charge in [0.1, 0.15) is 18.1 Å². The topological polar surface area (TPSA) is 89.3 Å². The first-order valence-electron chi connectivity index (χ1n) is 10.8. The van der Waals surface area contributed by atoms with E-state index in [-0.39, 0.29) is 5.57 Å². The van der Waals surface area contributed by atoms with E-state index in [9.17, 15) is 14.7 Å². The molecule has 0 saturated carbocycles. The van der Waals surface area contributed by atoms with Crippen molar-refractivity contribution >= 4 is 33.4 Å². The third-order valence-corrected chi connectivity index (χ3v) is 6.09. The molecule has 1 amide bonds. The van der Waals surface area contributed by atoms with E-state index in [0.29, 0.717) is 43.0 Å². The molecule has 2 heterocycles. The van der Waals surface area contributed by atoms with Gasteiger partial charge in [-0.1, -0.05) is 46.0 Å². The normalized spacial score (nSPS) is 17.5. The zero-order chi connectivity index (χ0) is 23.4. The molecule has 1 atom stereocenters. The summed E-state index contributed by atoms with van der Waals surface area (Å²) in [5, 5.41) is 13.4. The van der Waals surface area contributed by atoms with E-state index in [1.165, 1.54) is 4.90 Å². The van der Waals surface area contributed by atoms with Crippen LogP contribution in [0.3, 0.4) is 0 Å². The summed E-state index contributed by atoms with van der Waals surface area (Å²) in [5.74, 6) is -1.13. The van der Waals surface area contributed by atoms with Crippen LogP contribution in [0.25, 0.3) is 5.76 Å². The number of hydrogen-bond acceptors (Lipinski definition) is 4. The number of carbonyl (C=O) groups excluding carboxylic acids is 2. The Bertz CT molecular complexity index is 1160. The van der Waals surface area contributed by atoms with E-state index < -0.39 is 23.5 Å². The summed E-state index contributed by atoms with van der Waals surface area (Å²) in [6.07, 6.45) is 6.18. The first-order valence-corrected chi connectivity index (χ1v) is 11.6. The van der Waals surface area contributed by atoms with Gasteiger partial charge < -0.3 is 14.7 Å². The molecule has 33 heavy (non-hydrogen) atoms. The van der Waals surface area contributed by atoms with E-state index in [2.05, 4.69) is 20.9 Å². The molecule has 1 saturated heterocycles. The number of halogens is 1. The van der Waals surface area contributed by atoms with Gasteiger partial charge in [-0.3, -0.25) is 14.6 Å². The number of benzene rings is 2. The molecule has 170 valence electrons. The van der Waals surface area contributed by atoms with Crippen molar-refractivity contribution in [2.24, 2.45) is 0 Å². The van der Waals surface area contributed by atoms with Gasteiger partial charge in [-0.2, -0.15) is 0 Å². The average molecular weight is 510 g/mol. The molecular weight excluding hydrogens is 486 g/mol. The Kier molecular flexibility index (Phi) is 6.93. The number of nitrogens with zero attached hydrogens (tertiary/aromatic N) is 2. The number of aromatic nitrogens is 2. The molecule has 3 aromatic rings. The molecule has 0 spiro atoms. The van der Waals surface area contributed by atoms with Crippen molar-refractivity contribution in [2.45, 2.75) is 25.9 Å². The Balaban J connectivity index is 1.71. The number of ether oxygens (including phenoxy) is 1. The van der Waals surface area contributed by atoms with E-state index in [0.717, 1.165) is 4.47 Å². The fourth-order valence-electron chi connectivity index (χ4n) is 4.00. The van der Waals surface area contributed by atoms with Gasteiger partial charge in [-0.05, 0) is 42.3 Å². The molecule has 4 rings (SSSR count). The van der Waals surface area contributed by atoms with Crippen molar-refractivity contribution in [3.05, 3.63) is 88.4 Å². The van der Waals surface area contributed by atoms with E-state index in [1.807, 2.05) is 42.3 Å². The van der Waals surface area contributed by atoms with Crippen LogP contribution in [0.4, 0.5) is 0 Å². The van der Waals surface area contributed by atoms with Crippen LogP contribution in [0, 0.1) is 0 Å². The van der Waals surface area contributed by atoms with Gasteiger partial charge in [0.05, 0.1) is 19.2 Å². The zero-order valence-corrected chi connectivity index (χ0v) is 19.7. The number of carbonyl (C=O) groups is 2. The van der Waals surface area contributed by atoms with Crippen LogP contribution in [0.5, 0.6) is 5.75 Å². The first-order chi connectivity index (χ1) is 16.0. The van der Waals surface area contributed by atoms with Crippen LogP contribution in [-0.2, 0) is 16.1 Å². The molecule has 8 heteroatoms. The maximum atomic E-state index is 13.4. The number of rotatable bonds is 8. The number of imidazole rings is 1. The number of amides is 1. The maximum absolute atomic E-state index is 13.4. The first kappa shape index (κ1) is 22.8. The lowest BCUT2D eigenvalue weighted by Gasteiger charge is -2.27. The van der Waals surface area contributed by atoms with Gasteiger partial charge in [-0.15, -0.1) is 0 Å². The Morgan fingerprint density at radius 2 is 1.88 bits per heavy atom. The molecule has 2 aromatic carbocycles. The molecular formula is C25H24BrN3O4. The Labute approximate surface area is 200 Å². The van der Waals surface area contributed by atoms with Crippen LogP contribution in [0.1, 0.15) is 30.5 Å². The summed E-state index contributed by atoms with van der Waals surface area (Å²) in [5.41, 5.74) is 1.06. The summed E-state index contributed by atoms with van der Waals surface area (Å²) < 4.78 is 8.31.